The van der Waals surface area contributed by atoms with Gasteiger partial charge in [0.05, 0.1) is 31.2 Å². The van der Waals surface area contributed by atoms with Gasteiger partial charge in [-0.15, -0.1) is 11.3 Å². The summed E-state index contributed by atoms with van der Waals surface area (Å²) in [5.41, 5.74) is 0.108. The van der Waals surface area contributed by atoms with Crippen LogP contribution in [-0.2, 0) is 4.79 Å². The SMILES string of the molecule is CC[NH+](CC)CCCN1C(=O)C(O)=C(C(=O)c2ccc(C)o2)[C@H]1c1cccs1. The molecule has 0 radical (unpaired) electrons. The quantitative estimate of drug-likeness (QED) is 0.631. The molecule has 3 rings (SSSR count). The minimum absolute atomic E-state index is 0.108. The summed E-state index contributed by atoms with van der Waals surface area (Å²) < 4.78 is 5.46. The van der Waals surface area contributed by atoms with Crippen molar-refractivity contribution in [3.8, 4) is 0 Å². The molecule has 2 aromatic rings. The van der Waals surface area contributed by atoms with Crippen molar-refractivity contribution in [3.05, 3.63) is 57.4 Å². The van der Waals surface area contributed by atoms with E-state index >= 15 is 0 Å². The summed E-state index contributed by atoms with van der Waals surface area (Å²) in [7, 11) is 0. The van der Waals surface area contributed by atoms with Gasteiger partial charge in [-0.2, -0.15) is 0 Å². The van der Waals surface area contributed by atoms with Gasteiger partial charge in [-0.25, -0.2) is 0 Å². The highest BCUT2D eigenvalue weighted by Gasteiger charge is 2.44. The fraction of sp³-hybridized carbons (Fsp3) is 0.429. The Balaban J connectivity index is 1.88. The fourth-order valence-electron chi connectivity index (χ4n) is 3.65. The fourth-order valence-corrected chi connectivity index (χ4v) is 4.50. The molecule has 1 amide bonds. The number of Topliss-reactive ketones (excluding diaryl/α,β-unsaturated/α-hetero) is 1. The van der Waals surface area contributed by atoms with E-state index in [0.29, 0.717) is 12.3 Å². The number of nitrogens with zero attached hydrogens (tertiary/aromatic N) is 1. The standard InChI is InChI=1S/C21H26N2O4S/c1-4-22(5-2)11-7-12-23-18(16-8-6-13-28-16)17(20(25)21(23)26)19(24)15-10-9-14(3)27-15/h6,8-10,13,18,25H,4-5,7,11-12H2,1-3H3/p+1/t18-/m1/s1. The topological polar surface area (TPSA) is 75.2 Å². The molecule has 0 fully saturated rings. The van der Waals surface area contributed by atoms with Gasteiger partial charge in [-0.1, -0.05) is 6.07 Å². The Labute approximate surface area is 169 Å². The van der Waals surface area contributed by atoms with Crippen LogP contribution in [0.5, 0.6) is 0 Å². The maximum atomic E-state index is 13.1. The van der Waals surface area contributed by atoms with E-state index in [9.17, 15) is 14.7 Å². The van der Waals surface area contributed by atoms with Crippen molar-refractivity contribution in [2.45, 2.75) is 33.2 Å². The molecule has 1 atom stereocenters. The second-order valence-electron chi connectivity index (χ2n) is 6.98. The lowest BCUT2D eigenvalue weighted by Gasteiger charge is -2.26. The highest BCUT2D eigenvalue weighted by Crippen LogP contribution is 2.40. The van der Waals surface area contributed by atoms with Crippen molar-refractivity contribution in [2.75, 3.05) is 26.2 Å². The lowest BCUT2D eigenvalue weighted by Crippen LogP contribution is -3.11. The number of aliphatic hydroxyl groups excluding tert-OH is 1. The van der Waals surface area contributed by atoms with E-state index in [1.807, 2.05) is 17.5 Å². The van der Waals surface area contributed by atoms with Crippen LogP contribution in [0.2, 0.25) is 0 Å². The maximum Gasteiger partial charge on any atom is 0.290 e. The summed E-state index contributed by atoms with van der Waals surface area (Å²) in [6.45, 7) is 9.53. The number of thiophene rings is 1. The number of rotatable bonds is 9. The lowest BCUT2D eigenvalue weighted by molar-refractivity contribution is -0.896. The van der Waals surface area contributed by atoms with Crippen LogP contribution < -0.4 is 4.90 Å². The lowest BCUT2D eigenvalue weighted by atomic mass is 10.0. The number of amides is 1. The number of carbonyl (C=O) groups excluding carboxylic acids is 2. The van der Waals surface area contributed by atoms with Crippen LogP contribution in [0.25, 0.3) is 0 Å². The Morgan fingerprint density at radius 3 is 2.61 bits per heavy atom. The van der Waals surface area contributed by atoms with Crippen molar-refractivity contribution in [3.63, 3.8) is 0 Å². The number of nitrogens with one attached hydrogen (secondary N) is 1. The summed E-state index contributed by atoms with van der Waals surface area (Å²) in [6.07, 6.45) is 0.805. The van der Waals surface area contributed by atoms with E-state index in [0.717, 1.165) is 30.9 Å². The molecular formula is C21H27N2O4S+. The van der Waals surface area contributed by atoms with Crippen LogP contribution in [0.1, 0.15) is 47.5 Å². The molecule has 3 heterocycles. The van der Waals surface area contributed by atoms with E-state index in [2.05, 4.69) is 13.8 Å². The second-order valence-corrected chi connectivity index (χ2v) is 7.96. The first-order valence-electron chi connectivity index (χ1n) is 9.70. The number of aliphatic hydroxyl groups is 1. The third-order valence-electron chi connectivity index (χ3n) is 5.25. The first kappa shape index (κ1) is 20.4. The third kappa shape index (κ3) is 3.91. The molecule has 7 heteroatoms. The molecule has 1 aliphatic heterocycles. The molecule has 2 aromatic heterocycles. The average molecular weight is 404 g/mol. The summed E-state index contributed by atoms with van der Waals surface area (Å²) >= 11 is 1.47. The van der Waals surface area contributed by atoms with Gasteiger partial charge in [0.15, 0.2) is 11.5 Å². The van der Waals surface area contributed by atoms with Crippen molar-refractivity contribution in [1.82, 2.24) is 4.90 Å². The number of ketones is 1. The molecular weight excluding hydrogens is 376 g/mol. The van der Waals surface area contributed by atoms with Crippen molar-refractivity contribution < 1.29 is 24.0 Å². The van der Waals surface area contributed by atoms with Gasteiger partial charge < -0.3 is 19.3 Å². The van der Waals surface area contributed by atoms with Crippen LogP contribution >= 0.6 is 11.3 Å². The van der Waals surface area contributed by atoms with Crippen LogP contribution in [0.4, 0.5) is 0 Å². The minimum atomic E-state index is -0.572. The van der Waals surface area contributed by atoms with E-state index in [1.54, 1.807) is 24.0 Å². The van der Waals surface area contributed by atoms with Gasteiger partial charge in [0.25, 0.3) is 5.91 Å². The Morgan fingerprint density at radius 2 is 2.04 bits per heavy atom. The van der Waals surface area contributed by atoms with E-state index in [4.69, 9.17) is 4.42 Å². The number of hydrogen-bond donors (Lipinski definition) is 2. The van der Waals surface area contributed by atoms with Gasteiger partial charge in [0.1, 0.15) is 5.76 Å². The maximum absolute atomic E-state index is 13.1. The molecule has 0 spiro atoms. The van der Waals surface area contributed by atoms with Crippen LogP contribution in [-0.4, -0.2) is 47.9 Å². The molecule has 0 aliphatic carbocycles. The van der Waals surface area contributed by atoms with Gasteiger partial charge >= 0.3 is 0 Å². The predicted octanol–water partition coefficient (Wildman–Crippen LogP) is 2.54. The Hall–Kier alpha value is -2.38. The molecule has 2 N–H and O–H groups in total. The summed E-state index contributed by atoms with van der Waals surface area (Å²) in [6, 6.07) is 6.49. The van der Waals surface area contributed by atoms with Gasteiger partial charge in [0, 0.05) is 17.8 Å². The smallest absolute Gasteiger partial charge is 0.290 e. The summed E-state index contributed by atoms with van der Waals surface area (Å²) in [4.78, 5) is 29.8. The average Bonchev–Trinajstić information content (AvgIpc) is 3.41. The van der Waals surface area contributed by atoms with Crippen molar-refractivity contribution in [2.24, 2.45) is 0 Å². The molecule has 6 nitrogen and oxygen atoms in total. The molecule has 150 valence electrons. The zero-order valence-corrected chi connectivity index (χ0v) is 17.3. The van der Waals surface area contributed by atoms with Gasteiger partial charge in [-0.05, 0) is 44.4 Å². The van der Waals surface area contributed by atoms with Crippen molar-refractivity contribution in [1.29, 1.82) is 0 Å². The normalized spacial score (nSPS) is 17.2. The van der Waals surface area contributed by atoms with Crippen LogP contribution in [0, 0.1) is 6.92 Å². The summed E-state index contributed by atoms with van der Waals surface area (Å²) in [5.74, 6) is -0.635. The minimum Gasteiger partial charge on any atom is -0.503 e. The summed E-state index contributed by atoms with van der Waals surface area (Å²) in [5, 5.41) is 12.5. The van der Waals surface area contributed by atoms with Gasteiger partial charge in [0.2, 0.25) is 5.78 Å². The molecule has 0 bridgehead atoms. The number of hydrogen-bond acceptors (Lipinski definition) is 5. The monoisotopic (exact) mass is 403 g/mol. The number of quaternary nitrogens is 1. The molecule has 0 saturated carbocycles. The van der Waals surface area contributed by atoms with Crippen LogP contribution in [0.15, 0.2) is 45.4 Å². The highest BCUT2D eigenvalue weighted by atomic mass is 32.1. The van der Waals surface area contributed by atoms with E-state index in [-0.39, 0.29) is 11.3 Å². The Morgan fingerprint density at radius 1 is 1.29 bits per heavy atom. The first-order chi connectivity index (χ1) is 13.5. The molecule has 0 unspecified atom stereocenters. The van der Waals surface area contributed by atoms with Crippen molar-refractivity contribution >= 4 is 23.0 Å². The highest BCUT2D eigenvalue weighted by molar-refractivity contribution is 7.10. The second kappa shape index (κ2) is 8.75. The largest absolute Gasteiger partial charge is 0.503 e. The van der Waals surface area contributed by atoms with Gasteiger partial charge in [-0.3, -0.25) is 9.59 Å². The molecule has 28 heavy (non-hydrogen) atoms. The molecule has 0 aromatic carbocycles. The van der Waals surface area contributed by atoms with Crippen LogP contribution in [0.3, 0.4) is 0 Å². The zero-order chi connectivity index (χ0) is 20.3. The van der Waals surface area contributed by atoms with E-state index < -0.39 is 23.5 Å². The molecule has 1 aliphatic rings. The molecule has 0 saturated heterocycles. The zero-order valence-electron chi connectivity index (χ0n) is 16.5. The van der Waals surface area contributed by atoms with E-state index in [1.165, 1.54) is 16.2 Å². The first-order valence-corrected chi connectivity index (χ1v) is 10.6. The predicted molar refractivity (Wildman–Crippen MR) is 108 cm³/mol. The Bertz CT molecular complexity index is 865. The third-order valence-corrected chi connectivity index (χ3v) is 6.18. The number of carbonyl (C=O) groups is 2. The number of furan rings is 1. The Kier molecular flexibility index (Phi) is 6.36. The number of aryl methyl sites for hydroxylation is 1.